The molecule has 0 aromatic heterocycles. The molecule has 0 amide bonds. The van der Waals surface area contributed by atoms with Crippen LogP contribution in [0.25, 0.3) is 0 Å². The molecule has 0 aliphatic carbocycles. The normalized spacial score (nSPS) is 9.78. The third kappa shape index (κ3) is 4.32. The molecular weight excluding hydrogens is 352 g/mol. The van der Waals surface area contributed by atoms with E-state index in [0.717, 1.165) is 15.2 Å². The summed E-state index contributed by atoms with van der Waals surface area (Å²) < 4.78 is 1.09. The van der Waals surface area contributed by atoms with E-state index in [1.54, 1.807) is 0 Å². The Bertz CT molecular complexity index is 447. The summed E-state index contributed by atoms with van der Waals surface area (Å²) in [6, 6.07) is 20.2. The molecule has 2 aromatic rings. The Labute approximate surface area is 123 Å². The van der Waals surface area contributed by atoms with Crippen LogP contribution in [0.3, 0.4) is 0 Å². The summed E-state index contributed by atoms with van der Waals surface area (Å²) in [5, 5.41) is 0. The summed E-state index contributed by atoms with van der Waals surface area (Å²) in [5.74, 6) is 0. The van der Waals surface area contributed by atoms with Crippen LogP contribution in [-0.4, -0.2) is 4.11 Å². The molecule has 0 saturated carbocycles. The first-order chi connectivity index (χ1) is 7.79. The van der Waals surface area contributed by atoms with Crippen LogP contribution < -0.4 is 0 Å². The summed E-state index contributed by atoms with van der Waals surface area (Å²) in [4.78, 5) is 0. The maximum absolute atomic E-state index is 6.18. The van der Waals surface area contributed by atoms with Crippen molar-refractivity contribution < 1.29 is 13.5 Å². The Balaban J connectivity index is 0.00000144. The second-order valence-corrected chi connectivity index (χ2v) is 8.96. The Hall–Kier alpha value is -0.487. The molecule has 0 fully saturated rings. The summed E-state index contributed by atoms with van der Waals surface area (Å²) in [5.41, 5.74) is 2.25. The van der Waals surface area contributed by atoms with E-state index in [4.69, 9.17) is 19.4 Å². The van der Waals surface area contributed by atoms with Gasteiger partial charge in [-0.2, -0.15) is 0 Å². The van der Waals surface area contributed by atoms with Gasteiger partial charge in [-0.15, -0.1) is 0 Å². The Morgan fingerprint density at radius 3 is 1.28 bits per heavy atom. The maximum atomic E-state index is 6.18. The molecule has 0 radical (unpaired) electrons. The van der Waals surface area contributed by atoms with Crippen LogP contribution in [-0.2, 0) is 13.5 Å². The van der Waals surface area contributed by atoms with E-state index < -0.39 is 13.5 Å². The van der Waals surface area contributed by atoms with Gasteiger partial charge in [0, 0.05) is 0 Å². The molecule has 0 bridgehead atoms. The van der Waals surface area contributed by atoms with Crippen LogP contribution in [0.5, 0.6) is 0 Å². The van der Waals surface area contributed by atoms with Gasteiger partial charge < -0.3 is 14.9 Å². The third-order valence-electron chi connectivity index (χ3n) is 2.17. The predicted molar refractivity (Wildman–Crippen MR) is 80.6 cm³/mol. The summed E-state index contributed by atoms with van der Waals surface area (Å²) in [6.45, 7) is 0. The molecule has 0 aliphatic heterocycles. The van der Waals surface area contributed by atoms with Gasteiger partial charge in [0.25, 0.3) is 0 Å². The van der Waals surface area contributed by atoms with E-state index in [2.05, 4.69) is 0 Å². The molecule has 3 heteroatoms. The van der Waals surface area contributed by atoms with E-state index in [9.17, 15) is 0 Å². The summed E-state index contributed by atoms with van der Waals surface area (Å²) >= 11 is -1.92. The molecule has 0 aliphatic rings. The van der Waals surface area contributed by atoms with Crippen molar-refractivity contribution in [1.29, 1.82) is 0 Å². The van der Waals surface area contributed by atoms with Crippen molar-refractivity contribution >= 4 is 23.5 Å². The average molecular weight is 368 g/mol. The van der Waals surface area contributed by atoms with Gasteiger partial charge in [0.2, 0.25) is 0 Å². The van der Waals surface area contributed by atoms with E-state index in [-0.39, 0.29) is 14.9 Å². The number of halogens is 2. The molecule has 0 nitrogen and oxygen atoms in total. The van der Waals surface area contributed by atoms with Gasteiger partial charge in [0.05, 0.1) is 0 Å². The SMILES string of the molecule is [CH3-].[CH3-].[Cl][Ru]([Cl])=[C](c1ccccc1)c1ccccc1. The molecule has 0 atom stereocenters. The second kappa shape index (κ2) is 8.59. The van der Waals surface area contributed by atoms with Gasteiger partial charge in [-0.05, 0) is 0 Å². The number of hydrogen-bond acceptors (Lipinski definition) is 0. The number of benzene rings is 2. The fourth-order valence-electron chi connectivity index (χ4n) is 1.48. The third-order valence-corrected chi connectivity index (χ3v) is 5.42. The summed E-state index contributed by atoms with van der Waals surface area (Å²) in [6.07, 6.45) is 0. The van der Waals surface area contributed by atoms with Crippen LogP contribution in [0.2, 0.25) is 0 Å². The topological polar surface area (TPSA) is 0 Å². The van der Waals surface area contributed by atoms with E-state index in [0.29, 0.717) is 0 Å². The van der Waals surface area contributed by atoms with Gasteiger partial charge in [-0.1, -0.05) is 0 Å². The first kappa shape index (κ1) is 17.5. The van der Waals surface area contributed by atoms with Gasteiger partial charge in [-0.3, -0.25) is 0 Å². The molecule has 0 saturated heterocycles. The molecule has 0 N–H and O–H groups in total. The molecular formula is C15H16Cl2Ru-2. The molecule has 0 heterocycles. The number of hydrogen-bond donors (Lipinski definition) is 0. The van der Waals surface area contributed by atoms with Gasteiger partial charge in [0.15, 0.2) is 0 Å². The molecule has 18 heavy (non-hydrogen) atoms. The standard InChI is InChI=1S/C13H10.2CH3.2ClH.Ru/c1-3-7-12(8-4-1)11-13-9-5-2-6-10-13;;;;;/h1-10H;2*1H3;2*1H;/q;2*-1;;;+2/p-2. The van der Waals surface area contributed by atoms with Gasteiger partial charge in [-0.25, -0.2) is 0 Å². The first-order valence-electron chi connectivity index (χ1n) is 4.77. The van der Waals surface area contributed by atoms with Crippen LogP contribution in [0, 0.1) is 14.9 Å². The molecule has 0 spiro atoms. The minimum absolute atomic E-state index is 0. The van der Waals surface area contributed by atoms with Crippen molar-refractivity contribution in [2.45, 2.75) is 0 Å². The first-order valence-corrected chi connectivity index (χ1v) is 10.1. The molecule has 100 valence electrons. The van der Waals surface area contributed by atoms with Crippen molar-refractivity contribution in [1.82, 2.24) is 0 Å². The monoisotopic (exact) mass is 368 g/mol. The molecule has 2 rings (SSSR count). The van der Waals surface area contributed by atoms with Crippen LogP contribution in [0.1, 0.15) is 11.1 Å². The Kier molecular flexibility index (Phi) is 8.35. The van der Waals surface area contributed by atoms with Crippen LogP contribution in [0.15, 0.2) is 60.7 Å². The van der Waals surface area contributed by atoms with Crippen molar-refractivity contribution in [2.24, 2.45) is 0 Å². The van der Waals surface area contributed by atoms with E-state index in [1.165, 1.54) is 0 Å². The Morgan fingerprint density at radius 1 is 0.667 bits per heavy atom. The van der Waals surface area contributed by atoms with Crippen LogP contribution in [0.4, 0.5) is 0 Å². The summed E-state index contributed by atoms with van der Waals surface area (Å²) in [7, 11) is 12.4. The second-order valence-electron chi connectivity index (χ2n) is 3.22. The van der Waals surface area contributed by atoms with Gasteiger partial charge >= 0.3 is 109 Å². The quantitative estimate of drug-likeness (QED) is 0.512. The van der Waals surface area contributed by atoms with Crippen molar-refractivity contribution in [3.63, 3.8) is 0 Å². The van der Waals surface area contributed by atoms with E-state index >= 15 is 0 Å². The Morgan fingerprint density at radius 2 is 1.00 bits per heavy atom. The molecule has 2 aromatic carbocycles. The van der Waals surface area contributed by atoms with Crippen molar-refractivity contribution in [3.05, 3.63) is 86.6 Å². The average Bonchev–Trinajstić information content (AvgIpc) is 2.31. The van der Waals surface area contributed by atoms with Crippen LogP contribution >= 0.6 is 19.4 Å². The zero-order chi connectivity index (χ0) is 11.4. The fourth-order valence-corrected chi connectivity index (χ4v) is 4.65. The number of rotatable bonds is 2. The van der Waals surface area contributed by atoms with Gasteiger partial charge in [0.1, 0.15) is 0 Å². The van der Waals surface area contributed by atoms with Crippen molar-refractivity contribution in [2.75, 3.05) is 0 Å². The minimum atomic E-state index is -1.92. The fraction of sp³-hybridized carbons (Fsp3) is 0. The van der Waals surface area contributed by atoms with E-state index in [1.807, 2.05) is 60.7 Å². The zero-order valence-electron chi connectivity index (χ0n) is 10.4. The zero-order valence-corrected chi connectivity index (χ0v) is 13.6. The molecule has 0 unspecified atom stereocenters. The predicted octanol–water partition coefficient (Wildman–Crippen LogP) is 5.08. The van der Waals surface area contributed by atoms with Crippen molar-refractivity contribution in [3.8, 4) is 0 Å².